The average Bonchev–Trinajstić information content (AvgIpc) is 3.13. The van der Waals surface area contributed by atoms with Gasteiger partial charge in [0, 0.05) is 42.2 Å². The summed E-state index contributed by atoms with van der Waals surface area (Å²) in [5, 5.41) is 3.08. The van der Waals surface area contributed by atoms with Crippen molar-refractivity contribution in [1.29, 1.82) is 0 Å². The minimum atomic E-state index is 0.510. The highest BCUT2D eigenvalue weighted by molar-refractivity contribution is 9.10. The zero-order valence-corrected chi connectivity index (χ0v) is 15.7. The number of anilines is 1. The molecule has 3 rings (SSSR count). The third kappa shape index (κ3) is 4.61. The first-order valence-corrected chi connectivity index (χ1v) is 9.47. The van der Waals surface area contributed by atoms with Crippen molar-refractivity contribution in [3.8, 4) is 5.75 Å². The minimum Gasteiger partial charge on any atom is -0.492 e. The second kappa shape index (κ2) is 8.34. The number of hydrogen-bond donors (Lipinski definition) is 1. The fourth-order valence-corrected chi connectivity index (χ4v) is 3.55. The summed E-state index contributed by atoms with van der Waals surface area (Å²) >= 11 is 5.09. The third-order valence-corrected chi connectivity index (χ3v) is 5.05. The summed E-state index contributed by atoms with van der Waals surface area (Å²) in [6.45, 7) is 4.61. The number of benzene rings is 1. The number of aliphatic imine (C=N–C) groups is 1. The van der Waals surface area contributed by atoms with Gasteiger partial charge in [0.05, 0.1) is 6.54 Å². The van der Waals surface area contributed by atoms with E-state index in [1.807, 2.05) is 35.8 Å². The highest BCUT2D eigenvalue weighted by Gasteiger charge is 2.19. The molecule has 0 saturated carbocycles. The van der Waals surface area contributed by atoms with Crippen molar-refractivity contribution in [2.24, 2.45) is 10.7 Å². The predicted molar refractivity (Wildman–Crippen MR) is 102 cm³/mol. The average molecular weight is 410 g/mol. The van der Waals surface area contributed by atoms with E-state index in [0.717, 1.165) is 41.5 Å². The number of guanidine groups is 1. The lowest BCUT2D eigenvalue weighted by atomic mass is 10.3. The molecule has 1 saturated heterocycles. The molecule has 0 bridgehead atoms. The third-order valence-electron chi connectivity index (χ3n) is 3.72. The fourth-order valence-electron chi connectivity index (χ4n) is 2.48. The maximum absolute atomic E-state index is 6.10. The lowest BCUT2D eigenvalue weighted by Gasteiger charge is -2.35. The van der Waals surface area contributed by atoms with Crippen LogP contribution in [-0.2, 0) is 0 Å². The molecule has 1 aliphatic heterocycles. The molecule has 1 aliphatic rings. The van der Waals surface area contributed by atoms with Crippen LogP contribution in [0.2, 0.25) is 0 Å². The number of ether oxygens (including phenoxy) is 1. The van der Waals surface area contributed by atoms with Gasteiger partial charge in [-0.1, -0.05) is 22.0 Å². The Hall–Kier alpha value is -1.80. The molecule has 2 N–H and O–H groups in total. The second-order valence-corrected chi connectivity index (χ2v) is 7.12. The standard InChI is InChI=1S/C16H20BrN5OS/c17-13-2-1-3-14(12-13)23-10-4-19-15(18)21-6-8-22(9-7-21)16-20-5-11-24-16/h1-3,5,11-12H,4,6-10H2,(H2,18,19). The van der Waals surface area contributed by atoms with Crippen molar-refractivity contribution < 1.29 is 4.74 Å². The summed E-state index contributed by atoms with van der Waals surface area (Å²) in [6.07, 6.45) is 1.84. The van der Waals surface area contributed by atoms with Gasteiger partial charge in [0.25, 0.3) is 0 Å². The van der Waals surface area contributed by atoms with Crippen molar-refractivity contribution in [1.82, 2.24) is 9.88 Å². The Bertz CT molecular complexity index is 671. The molecule has 128 valence electrons. The van der Waals surface area contributed by atoms with Crippen LogP contribution in [-0.4, -0.2) is 55.2 Å². The van der Waals surface area contributed by atoms with Crippen LogP contribution in [0.25, 0.3) is 0 Å². The highest BCUT2D eigenvalue weighted by atomic mass is 79.9. The number of nitrogens with two attached hydrogens (primary N) is 1. The lowest BCUT2D eigenvalue weighted by molar-refractivity contribution is 0.326. The Labute approximate surface area is 154 Å². The Kier molecular flexibility index (Phi) is 5.92. The van der Waals surface area contributed by atoms with Crippen LogP contribution >= 0.6 is 27.3 Å². The van der Waals surface area contributed by atoms with Gasteiger partial charge in [-0.2, -0.15) is 0 Å². The van der Waals surface area contributed by atoms with E-state index in [1.165, 1.54) is 0 Å². The van der Waals surface area contributed by atoms with Gasteiger partial charge in [-0.3, -0.25) is 0 Å². The van der Waals surface area contributed by atoms with Gasteiger partial charge in [-0.05, 0) is 18.2 Å². The Morgan fingerprint density at radius 2 is 2.17 bits per heavy atom. The molecular weight excluding hydrogens is 390 g/mol. The summed E-state index contributed by atoms with van der Waals surface area (Å²) in [7, 11) is 0. The van der Waals surface area contributed by atoms with Crippen LogP contribution in [0.4, 0.5) is 5.13 Å². The van der Waals surface area contributed by atoms with E-state index in [4.69, 9.17) is 10.5 Å². The molecule has 0 unspecified atom stereocenters. The quantitative estimate of drug-likeness (QED) is 0.466. The zero-order chi connectivity index (χ0) is 16.8. The van der Waals surface area contributed by atoms with Crippen LogP contribution in [0.1, 0.15) is 0 Å². The smallest absolute Gasteiger partial charge is 0.191 e. The summed E-state index contributed by atoms with van der Waals surface area (Å²) in [4.78, 5) is 13.2. The molecule has 1 aromatic heterocycles. The monoisotopic (exact) mass is 409 g/mol. The van der Waals surface area contributed by atoms with Gasteiger partial charge in [-0.15, -0.1) is 11.3 Å². The van der Waals surface area contributed by atoms with Crippen molar-refractivity contribution >= 4 is 38.4 Å². The molecule has 0 spiro atoms. The van der Waals surface area contributed by atoms with Crippen LogP contribution < -0.4 is 15.4 Å². The molecular formula is C16H20BrN5OS. The van der Waals surface area contributed by atoms with Gasteiger partial charge in [-0.25, -0.2) is 9.98 Å². The number of halogens is 1. The van der Waals surface area contributed by atoms with Crippen molar-refractivity contribution in [2.75, 3.05) is 44.2 Å². The van der Waals surface area contributed by atoms with E-state index in [0.29, 0.717) is 19.1 Å². The second-order valence-electron chi connectivity index (χ2n) is 5.33. The zero-order valence-electron chi connectivity index (χ0n) is 13.3. The topological polar surface area (TPSA) is 67.0 Å². The van der Waals surface area contributed by atoms with E-state index < -0.39 is 0 Å². The van der Waals surface area contributed by atoms with Crippen LogP contribution in [0.5, 0.6) is 5.75 Å². The van der Waals surface area contributed by atoms with Crippen molar-refractivity contribution in [3.63, 3.8) is 0 Å². The number of aromatic nitrogens is 1. The SMILES string of the molecule is NC(=NCCOc1cccc(Br)c1)N1CCN(c2nccs2)CC1. The minimum absolute atomic E-state index is 0.510. The first-order valence-electron chi connectivity index (χ1n) is 7.80. The van der Waals surface area contributed by atoms with Gasteiger partial charge >= 0.3 is 0 Å². The molecule has 6 nitrogen and oxygen atoms in total. The van der Waals surface area contributed by atoms with E-state index in [2.05, 4.69) is 35.7 Å². The van der Waals surface area contributed by atoms with Crippen molar-refractivity contribution in [2.45, 2.75) is 0 Å². The molecule has 0 atom stereocenters. The van der Waals surface area contributed by atoms with E-state index >= 15 is 0 Å². The molecule has 0 aliphatic carbocycles. The molecule has 0 radical (unpaired) electrons. The van der Waals surface area contributed by atoms with Crippen LogP contribution in [0.3, 0.4) is 0 Å². The molecule has 8 heteroatoms. The number of hydrogen-bond acceptors (Lipinski definition) is 5. The van der Waals surface area contributed by atoms with Gasteiger partial charge in [0.2, 0.25) is 0 Å². The Morgan fingerprint density at radius 1 is 1.33 bits per heavy atom. The first kappa shape index (κ1) is 17.0. The Balaban J connectivity index is 1.41. The summed E-state index contributed by atoms with van der Waals surface area (Å²) in [5.41, 5.74) is 6.10. The molecule has 2 heterocycles. The summed E-state index contributed by atoms with van der Waals surface area (Å²) in [6, 6.07) is 7.77. The number of piperazine rings is 1. The Morgan fingerprint density at radius 3 is 2.88 bits per heavy atom. The summed E-state index contributed by atoms with van der Waals surface area (Å²) in [5.74, 6) is 1.42. The maximum atomic E-state index is 6.10. The maximum Gasteiger partial charge on any atom is 0.191 e. The molecule has 24 heavy (non-hydrogen) atoms. The number of thiazole rings is 1. The fraction of sp³-hybridized carbons (Fsp3) is 0.375. The van der Waals surface area contributed by atoms with Gasteiger partial charge in [0.1, 0.15) is 12.4 Å². The molecule has 1 fully saturated rings. The first-order chi connectivity index (χ1) is 11.7. The van der Waals surface area contributed by atoms with E-state index in [9.17, 15) is 0 Å². The predicted octanol–water partition coefficient (Wildman–Crippen LogP) is 2.42. The van der Waals surface area contributed by atoms with Crippen molar-refractivity contribution in [3.05, 3.63) is 40.3 Å². The molecule has 1 aromatic carbocycles. The lowest BCUT2D eigenvalue weighted by Crippen LogP contribution is -2.51. The van der Waals surface area contributed by atoms with Gasteiger partial charge in [0.15, 0.2) is 11.1 Å². The van der Waals surface area contributed by atoms with E-state index in [1.54, 1.807) is 11.3 Å². The normalized spacial score (nSPS) is 15.6. The largest absolute Gasteiger partial charge is 0.492 e. The highest BCUT2D eigenvalue weighted by Crippen LogP contribution is 2.19. The molecule has 2 aromatic rings. The van der Waals surface area contributed by atoms with Crippen LogP contribution in [0, 0.1) is 0 Å². The van der Waals surface area contributed by atoms with Crippen LogP contribution in [0.15, 0.2) is 45.3 Å². The van der Waals surface area contributed by atoms with E-state index in [-0.39, 0.29) is 0 Å². The number of nitrogens with zero attached hydrogens (tertiary/aromatic N) is 4. The summed E-state index contributed by atoms with van der Waals surface area (Å²) < 4.78 is 6.67. The van der Waals surface area contributed by atoms with Gasteiger partial charge < -0.3 is 20.3 Å². The number of rotatable bonds is 5. The molecule has 0 amide bonds.